The lowest BCUT2D eigenvalue weighted by Crippen LogP contribution is -2.19. The fourth-order valence-corrected chi connectivity index (χ4v) is 3.15. The van der Waals surface area contributed by atoms with E-state index in [1.54, 1.807) is 6.20 Å². The summed E-state index contributed by atoms with van der Waals surface area (Å²) in [4.78, 5) is 12.9. The summed E-state index contributed by atoms with van der Waals surface area (Å²) in [6.07, 6.45) is 5.83. The van der Waals surface area contributed by atoms with E-state index < -0.39 is 0 Å². The Morgan fingerprint density at radius 1 is 1.28 bits per heavy atom. The average Bonchev–Trinajstić information content (AvgIpc) is 3.26. The van der Waals surface area contributed by atoms with Gasteiger partial charge in [0.05, 0.1) is 29.7 Å². The summed E-state index contributed by atoms with van der Waals surface area (Å²) >= 11 is 0. The zero-order chi connectivity index (χ0) is 17.4. The Hall–Kier alpha value is -2.89. The highest BCUT2D eigenvalue weighted by Gasteiger charge is 2.31. The highest BCUT2D eigenvalue weighted by molar-refractivity contribution is 6.07. The van der Waals surface area contributed by atoms with Crippen LogP contribution in [-0.2, 0) is 0 Å². The molecule has 1 saturated carbocycles. The Morgan fingerprint density at radius 2 is 2.04 bits per heavy atom. The van der Waals surface area contributed by atoms with Crippen LogP contribution in [0, 0.1) is 12.8 Å². The summed E-state index contributed by atoms with van der Waals surface area (Å²) in [6.45, 7) is 4.12. The van der Waals surface area contributed by atoms with Crippen molar-refractivity contribution in [1.29, 1.82) is 0 Å². The molecular weight excluding hydrogens is 314 g/mol. The zero-order valence-corrected chi connectivity index (χ0v) is 14.4. The van der Waals surface area contributed by atoms with Crippen molar-refractivity contribution >= 4 is 11.7 Å². The third kappa shape index (κ3) is 2.95. The number of aromatic amines is 1. The Kier molecular flexibility index (Phi) is 3.87. The van der Waals surface area contributed by atoms with Crippen molar-refractivity contribution in [2.45, 2.75) is 32.7 Å². The molecule has 1 aliphatic rings. The molecule has 2 aromatic heterocycles. The monoisotopic (exact) mass is 335 g/mol. The minimum absolute atomic E-state index is 0.180. The summed E-state index contributed by atoms with van der Waals surface area (Å²) in [5, 5.41) is 14.5. The maximum absolute atomic E-state index is 12.9. The van der Waals surface area contributed by atoms with Gasteiger partial charge in [-0.25, -0.2) is 4.68 Å². The Morgan fingerprint density at radius 3 is 2.76 bits per heavy atom. The van der Waals surface area contributed by atoms with E-state index >= 15 is 0 Å². The number of nitrogens with zero attached hydrogens (tertiary/aromatic N) is 3. The third-order valence-corrected chi connectivity index (χ3v) is 4.85. The van der Waals surface area contributed by atoms with Crippen LogP contribution < -0.4 is 5.32 Å². The van der Waals surface area contributed by atoms with E-state index in [0.29, 0.717) is 17.5 Å². The molecule has 1 fully saturated rings. The first-order valence-corrected chi connectivity index (χ1v) is 8.59. The molecule has 0 radical (unpaired) electrons. The first-order valence-electron chi connectivity index (χ1n) is 8.59. The van der Waals surface area contributed by atoms with Gasteiger partial charge in [-0.05, 0) is 32.6 Å². The second kappa shape index (κ2) is 6.20. The molecule has 3 aromatic rings. The van der Waals surface area contributed by atoms with Crippen molar-refractivity contribution in [1.82, 2.24) is 20.0 Å². The molecule has 6 nitrogen and oxygen atoms in total. The van der Waals surface area contributed by atoms with Gasteiger partial charge >= 0.3 is 0 Å². The summed E-state index contributed by atoms with van der Waals surface area (Å²) in [6, 6.07) is 10.0. The highest BCUT2D eigenvalue weighted by Crippen LogP contribution is 2.40. The van der Waals surface area contributed by atoms with Crippen LogP contribution in [0.25, 0.3) is 11.3 Å². The van der Waals surface area contributed by atoms with Gasteiger partial charge < -0.3 is 5.32 Å². The number of rotatable bonds is 5. The molecular formula is C19H21N5O. The number of carbonyl (C=O) groups is 1. The molecule has 1 aliphatic carbocycles. The SMILES string of the molecule is Cc1cnn([C@H](C)C2CC2)c1NC(=O)c1cn[nH]c1-c1ccccc1. The predicted molar refractivity (Wildman–Crippen MR) is 96.4 cm³/mol. The number of amides is 1. The van der Waals surface area contributed by atoms with E-state index in [4.69, 9.17) is 0 Å². The number of anilines is 1. The van der Waals surface area contributed by atoms with Crippen molar-refractivity contribution in [3.63, 3.8) is 0 Å². The number of hydrogen-bond acceptors (Lipinski definition) is 3. The van der Waals surface area contributed by atoms with Crippen LogP contribution in [0.3, 0.4) is 0 Å². The maximum atomic E-state index is 12.9. The molecule has 25 heavy (non-hydrogen) atoms. The second-order valence-corrected chi connectivity index (χ2v) is 6.68. The van der Waals surface area contributed by atoms with E-state index in [2.05, 4.69) is 27.5 Å². The van der Waals surface area contributed by atoms with Crippen LogP contribution in [0.15, 0.2) is 42.7 Å². The molecule has 0 unspecified atom stereocenters. The molecule has 2 N–H and O–H groups in total. The lowest BCUT2D eigenvalue weighted by Gasteiger charge is -2.16. The average molecular weight is 335 g/mol. The van der Waals surface area contributed by atoms with Crippen LogP contribution in [0.1, 0.15) is 41.7 Å². The molecule has 4 rings (SSSR count). The molecule has 1 amide bonds. The van der Waals surface area contributed by atoms with Gasteiger partial charge in [0.2, 0.25) is 0 Å². The summed E-state index contributed by atoms with van der Waals surface area (Å²) < 4.78 is 1.94. The van der Waals surface area contributed by atoms with Gasteiger partial charge in [0.15, 0.2) is 0 Å². The standard InChI is InChI=1S/C19H21N5O/c1-12-10-21-24(13(2)14-8-9-14)18(12)22-19(25)16-11-20-23-17(16)15-6-4-3-5-7-15/h3-7,10-11,13-14H,8-9H2,1-2H3,(H,20,23)(H,22,25)/t13-/m1/s1. The van der Waals surface area contributed by atoms with Gasteiger partial charge in [0.25, 0.3) is 5.91 Å². The first kappa shape index (κ1) is 15.6. The van der Waals surface area contributed by atoms with Crippen molar-refractivity contribution in [3.05, 3.63) is 53.9 Å². The van der Waals surface area contributed by atoms with E-state index in [1.165, 1.54) is 12.8 Å². The fourth-order valence-electron chi connectivity index (χ4n) is 3.15. The number of hydrogen-bond donors (Lipinski definition) is 2. The van der Waals surface area contributed by atoms with Gasteiger partial charge in [-0.3, -0.25) is 9.89 Å². The minimum Gasteiger partial charge on any atom is -0.306 e. The Bertz CT molecular complexity index is 892. The molecule has 1 atom stereocenters. The van der Waals surface area contributed by atoms with Crippen molar-refractivity contribution in [2.75, 3.05) is 5.32 Å². The lowest BCUT2D eigenvalue weighted by molar-refractivity contribution is 0.102. The highest BCUT2D eigenvalue weighted by atomic mass is 16.1. The number of nitrogens with one attached hydrogen (secondary N) is 2. The second-order valence-electron chi connectivity index (χ2n) is 6.68. The van der Waals surface area contributed by atoms with E-state index in [1.807, 2.05) is 48.1 Å². The number of aryl methyl sites for hydroxylation is 1. The summed E-state index contributed by atoms with van der Waals surface area (Å²) in [7, 11) is 0. The molecule has 0 aliphatic heterocycles. The van der Waals surface area contributed by atoms with Gasteiger partial charge in [-0.2, -0.15) is 10.2 Å². The van der Waals surface area contributed by atoms with E-state index in [-0.39, 0.29) is 5.91 Å². The van der Waals surface area contributed by atoms with Crippen LogP contribution in [-0.4, -0.2) is 25.9 Å². The van der Waals surface area contributed by atoms with Gasteiger partial charge in [-0.15, -0.1) is 0 Å². The lowest BCUT2D eigenvalue weighted by atomic mass is 10.1. The quantitative estimate of drug-likeness (QED) is 0.744. The fraction of sp³-hybridized carbons (Fsp3) is 0.316. The molecule has 128 valence electrons. The number of benzene rings is 1. The molecule has 0 bridgehead atoms. The van der Waals surface area contributed by atoms with Crippen molar-refractivity contribution in [3.8, 4) is 11.3 Å². The van der Waals surface area contributed by atoms with E-state index in [0.717, 1.165) is 22.6 Å². The Labute approximate surface area is 146 Å². The topological polar surface area (TPSA) is 75.6 Å². The number of carbonyl (C=O) groups excluding carboxylic acids is 1. The van der Waals surface area contributed by atoms with E-state index in [9.17, 15) is 4.79 Å². The van der Waals surface area contributed by atoms with Crippen LogP contribution >= 0.6 is 0 Å². The van der Waals surface area contributed by atoms with Gasteiger partial charge in [0.1, 0.15) is 5.82 Å². The smallest absolute Gasteiger partial charge is 0.260 e. The van der Waals surface area contributed by atoms with Crippen LogP contribution in [0.5, 0.6) is 0 Å². The minimum atomic E-state index is -0.180. The molecule has 0 spiro atoms. The summed E-state index contributed by atoms with van der Waals surface area (Å²) in [5.74, 6) is 1.24. The molecule has 2 heterocycles. The van der Waals surface area contributed by atoms with Crippen molar-refractivity contribution in [2.24, 2.45) is 5.92 Å². The zero-order valence-electron chi connectivity index (χ0n) is 14.4. The Balaban J connectivity index is 1.62. The van der Waals surface area contributed by atoms with Crippen molar-refractivity contribution < 1.29 is 4.79 Å². The molecule has 1 aromatic carbocycles. The molecule has 0 saturated heterocycles. The van der Waals surface area contributed by atoms with Gasteiger partial charge in [0, 0.05) is 11.1 Å². The molecule has 6 heteroatoms. The summed E-state index contributed by atoms with van der Waals surface area (Å²) in [5.41, 5.74) is 3.14. The van der Waals surface area contributed by atoms with Gasteiger partial charge in [-0.1, -0.05) is 30.3 Å². The number of H-pyrrole nitrogens is 1. The normalized spacial score (nSPS) is 15.1. The van der Waals surface area contributed by atoms with Crippen LogP contribution in [0.2, 0.25) is 0 Å². The van der Waals surface area contributed by atoms with Crippen LogP contribution in [0.4, 0.5) is 5.82 Å². The largest absolute Gasteiger partial charge is 0.306 e. The maximum Gasteiger partial charge on any atom is 0.260 e. The number of aromatic nitrogens is 4. The predicted octanol–water partition coefficient (Wildman–Crippen LogP) is 3.80. The first-order chi connectivity index (χ1) is 12.1. The third-order valence-electron chi connectivity index (χ3n) is 4.85.